The van der Waals surface area contributed by atoms with Crippen LogP contribution >= 0.6 is 0 Å². The van der Waals surface area contributed by atoms with Crippen LogP contribution in [0.4, 0.5) is 0 Å². The van der Waals surface area contributed by atoms with Crippen molar-refractivity contribution in [1.82, 2.24) is 0 Å². The van der Waals surface area contributed by atoms with Gasteiger partial charge < -0.3 is 28.1 Å². The summed E-state index contributed by atoms with van der Waals surface area (Å²) in [6.07, 6.45) is 19.6. The number of hydrogen-bond acceptors (Lipinski definition) is 6. The molecule has 2 saturated heterocycles. The van der Waals surface area contributed by atoms with E-state index in [1.54, 1.807) is 0 Å². The summed E-state index contributed by atoms with van der Waals surface area (Å²) in [7, 11) is -1.02. The second-order valence-corrected chi connectivity index (χ2v) is 14.5. The van der Waals surface area contributed by atoms with Crippen LogP contribution in [0.1, 0.15) is 146 Å². The summed E-state index contributed by atoms with van der Waals surface area (Å²) in [6, 6.07) is 0. The molecule has 3 aliphatic rings. The SMILES string of the molecule is CCCCCCCCO[C]1C=C(B2OC(C)(C)C(C)(C)O2)C(OCCCCCCCC)=CC1B1OC(C)(C)C(C)(C)O1. The monoisotopic (exact) mass is 587 g/mol. The summed E-state index contributed by atoms with van der Waals surface area (Å²) >= 11 is 0. The van der Waals surface area contributed by atoms with E-state index in [2.05, 4.69) is 81.4 Å². The molecule has 2 fully saturated rings. The molecule has 239 valence electrons. The zero-order valence-corrected chi connectivity index (χ0v) is 28.7. The minimum absolute atomic E-state index is 0.225. The maximum Gasteiger partial charge on any atom is 0.498 e. The Morgan fingerprint density at radius 1 is 0.595 bits per heavy atom. The number of hydrogen-bond donors (Lipinski definition) is 0. The largest absolute Gasteiger partial charge is 0.498 e. The first-order chi connectivity index (χ1) is 19.7. The lowest BCUT2D eigenvalue weighted by atomic mass is 9.62. The second kappa shape index (κ2) is 15.5. The van der Waals surface area contributed by atoms with Gasteiger partial charge in [0.15, 0.2) is 0 Å². The van der Waals surface area contributed by atoms with Gasteiger partial charge in [-0.1, -0.05) is 78.1 Å². The van der Waals surface area contributed by atoms with Crippen molar-refractivity contribution < 1.29 is 28.1 Å². The first-order valence-electron chi connectivity index (χ1n) is 17.0. The van der Waals surface area contributed by atoms with Gasteiger partial charge in [-0.2, -0.15) is 0 Å². The van der Waals surface area contributed by atoms with E-state index in [1.165, 1.54) is 64.2 Å². The van der Waals surface area contributed by atoms with Gasteiger partial charge in [-0.3, -0.25) is 0 Å². The van der Waals surface area contributed by atoms with Gasteiger partial charge in [0.2, 0.25) is 0 Å². The minimum atomic E-state index is -0.544. The van der Waals surface area contributed by atoms with Crippen molar-refractivity contribution in [2.24, 2.45) is 0 Å². The zero-order valence-electron chi connectivity index (χ0n) is 28.7. The summed E-state index contributed by atoms with van der Waals surface area (Å²) in [4.78, 5) is 0. The molecular weight excluding hydrogens is 526 g/mol. The molecular formula is C34H61B2O6. The maximum absolute atomic E-state index is 6.55. The Balaban J connectivity index is 1.81. The van der Waals surface area contributed by atoms with Crippen molar-refractivity contribution in [1.29, 1.82) is 0 Å². The molecule has 1 unspecified atom stereocenters. The molecule has 0 aromatic carbocycles. The average molecular weight is 587 g/mol. The Bertz CT molecular complexity index is 864. The van der Waals surface area contributed by atoms with Crippen molar-refractivity contribution in [3.63, 3.8) is 0 Å². The lowest BCUT2D eigenvalue weighted by Gasteiger charge is -2.32. The average Bonchev–Trinajstić information content (AvgIpc) is 3.26. The van der Waals surface area contributed by atoms with Crippen molar-refractivity contribution >= 4 is 14.2 Å². The zero-order chi connectivity index (χ0) is 31.0. The molecule has 0 spiro atoms. The van der Waals surface area contributed by atoms with E-state index in [4.69, 9.17) is 28.1 Å². The third-order valence-corrected chi connectivity index (χ3v) is 9.84. The molecule has 1 aliphatic carbocycles. The summed E-state index contributed by atoms with van der Waals surface area (Å²) in [5, 5.41) is 0. The van der Waals surface area contributed by atoms with Crippen molar-refractivity contribution in [2.75, 3.05) is 13.2 Å². The number of allylic oxidation sites excluding steroid dienone is 1. The molecule has 0 N–H and O–H groups in total. The topological polar surface area (TPSA) is 55.4 Å². The van der Waals surface area contributed by atoms with Crippen LogP contribution in [0.3, 0.4) is 0 Å². The van der Waals surface area contributed by atoms with Crippen LogP contribution in [0.25, 0.3) is 0 Å². The van der Waals surface area contributed by atoms with Crippen LogP contribution in [0.5, 0.6) is 0 Å². The van der Waals surface area contributed by atoms with E-state index in [0.717, 1.165) is 30.2 Å². The number of rotatable bonds is 18. The maximum atomic E-state index is 6.55. The quantitative estimate of drug-likeness (QED) is 0.118. The van der Waals surface area contributed by atoms with E-state index in [1.807, 2.05) is 0 Å². The van der Waals surface area contributed by atoms with Crippen LogP contribution < -0.4 is 0 Å². The Kier molecular flexibility index (Phi) is 13.1. The normalized spacial score (nSPS) is 24.7. The van der Waals surface area contributed by atoms with Crippen molar-refractivity contribution in [3.05, 3.63) is 29.5 Å². The predicted octanol–water partition coefficient (Wildman–Crippen LogP) is 9.19. The lowest BCUT2D eigenvalue weighted by Crippen LogP contribution is -2.41. The molecule has 0 saturated carbocycles. The van der Waals surface area contributed by atoms with Crippen LogP contribution in [0.2, 0.25) is 5.82 Å². The minimum Gasteiger partial charge on any atom is -0.494 e. The predicted molar refractivity (Wildman–Crippen MR) is 174 cm³/mol. The molecule has 2 heterocycles. The first-order valence-corrected chi connectivity index (χ1v) is 17.0. The van der Waals surface area contributed by atoms with Gasteiger partial charge in [-0.05, 0) is 80.4 Å². The summed E-state index contributed by atoms with van der Waals surface area (Å²) < 4.78 is 39.2. The standard InChI is InChI=1S/C34H61B2O6/c1-11-13-15-17-19-21-23-37-29-25-28(36-41-33(7,8)34(9,10)42-36)30(38-24-22-20-18-16-14-12-2)26-27(29)35-39-31(3,4)32(5,6)40-35/h25-27H,11-24H2,1-10H3. The third-order valence-electron chi connectivity index (χ3n) is 9.84. The lowest BCUT2D eigenvalue weighted by molar-refractivity contribution is 0.00578. The molecule has 2 aliphatic heterocycles. The summed E-state index contributed by atoms with van der Waals surface area (Å²) in [6.45, 7) is 22.5. The van der Waals surface area contributed by atoms with Crippen LogP contribution in [-0.2, 0) is 28.1 Å². The van der Waals surface area contributed by atoms with Crippen molar-refractivity contribution in [3.8, 4) is 0 Å². The third kappa shape index (κ3) is 9.12. The van der Waals surface area contributed by atoms with E-state index >= 15 is 0 Å². The van der Waals surface area contributed by atoms with Gasteiger partial charge in [0, 0.05) is 12.1 Å². The Hall–Kier alpha value is -0.790. The highest BCUT2D eigenvalue weighted by atomic mass is 16.7. The van der Waals surface area contributed by atoms with E-state index in [9.17, 15) is 0 Å². The van der Waals surface area contributed by atoms with Crippen LogP contribution in [-0.4, -0.2) is 49.9 Å². The van der Waals surface area contributed by atoms with Gasteiger partial charge >= 0.3 is 14.2 Å². The molecule has 0 amide bonds. The van der Waals surface area contributed by atoms with Crippen LogP contribution in [0.15, 0.2) is 23.4 Å². The first kappa shape index (κ1) is 35.7. The molecule has 42 heavy (non-hydrogen) atoms. The highest BCUT2D eigenvalue weighted by molar-refractivity contribution is 6.56. The van der Waals surface area contributed by atoms with E-state index in [-0.39, 0.29) is 5.82 Å². The molecule has 0 aromatic heterocycles. The molecule has 6 nitrogen and oxygen atoms in total. The second-order valence-electron chi connectivity index (χ2n) is 14.5. The highest BCUT2D eigenvalue weighted by Gasteiger charge is 2.58. The molecule has 8 heteroatoms. The van der Waals surface area contributed by atoms with Gasteiger partial charge in [-0.25, -0.2) is 0 Å². The van der Waals surface area contributed by atoms with Gasteiger partial charge in [0.1, 0.15) is 11.9 Å². The fourth-order valence-corrected chi connectivity index (χ4v) is 5.47. The molecule has 0 aromatic rings. The Labute approximate surface area is 259 Å². The Morgan fingerprint density at radius 2 is 1.02 bits per heavy atom. The number of unbranched alkanes of at least 4 members (excludes halogenated alkanes) is 10. The Morgan fingerprint density at radius 3 is 1.52 bits per heavy atom. The van der Waals surface area contributed by atoms with E-state index < -0.39 is 36.6 Å². The summed E-state index contributed by atoms with van der Waals surface area (Å²) in [5.74, 6) is 0.561. The summed E-state index contributed by atoms with van der Waals surface area (Å²) in [5.41, 5.74) is -0.906. The number of ether oxygens (including phenoxy) is 2. The fourth-order valence-electron chi connectivity index (χ4n) is 5.47. The van der Waals surface area contributed by atoms with Crippen molar-refractivity contribution in [2.45, 2.75) is 175 Å². The van der Waals surface area contributed by atoms with E-state index in [0.29, 0.717) is 13.2 Å². The molecule has 0 bridgehead atoms. The van der Waals surface area contributed by atoms with Gasteiger partial charge in [0.05, 0.1) is 34.8 Å². The highest BCUT2D eigenvalue weighted by Crippen LogP contribution is 2.48. The fraction of sp³-hybridized carbons (Fsp3) is 0.853. The smallest absolute Gasteiger partial charge is 0.494 e. The van der Waals surface area contributed by atoms with Gasteiger partial charge in [-0.15, -0.1) is 0 Å². The van der Waals surface area contributed by atoms with Gasteiger partial charge in [0.25, 0.3) is 0 Å². The molecule has 1 atom stereocenters. The molecule has 1 radical (unpaired) electrons. The molecule has 3 rings (SSSR count). The van der Waals surface area contributed by atoms with Crippen LogP contribution in [0, 0.1) is 6.10 Å².